The van der Waals surface area contributed by atoms with Crippen molar-refractivity contribution in [2.75, 3.05) is 17.3 Å². The van der Waals surface area contributed by atoms with E-state index in [1.807, 2.05) is 0 Å². The smallest absolute Gasteiger partial charge is 0.278 e. The van der Waals surface area contributed by atoms with Gasteiger partial charge in [0.05, 0.1) is 11.4 Å². The number of anilines is 2. The lowest BCUT2D eigenvalue weighted by molar-refractivity contribution is -0.116. The fraction of sp³-hybridized carbons (Fsp3) is 0.158. The van der Waals surface area contributed by atoms with Crippen LogP contribution in [-0.2, 0) is 4.79 Å². The highest BCUT2D eigenvalue weighted by Crippen LogP contribution is 2.18. The van der Waals surface area contributed by atoms with Gasteiger partial charge in [0, 0.05) is 25.3 Å². The van der Waals surface area contributed by atoms with Gasteiger partial charge in [0.25, 0.3) is 5.91 Å². The van der Waals surface area contributed by atoms with Gasteiger partial charge in [-0.1, -0.05) is 5.21 Å². The number of hydrogen-bond donors (Lipinski definition) is 1. The van der Waals surface area contributed by atoms with Gasteiger partial charge < -0.3 is 10.2 Å². The van der Waals surface area contributed by atoms with Gasteiger partial charge in [0.2, 0.25) is 5.91 Å². The van der Waals surface area contributed by atoms with Crippen LogP contribution >= 0.6 is 0 Å². The SMILES string of the molecule is CC(=O)N(C)c1ccc(NC(=O)c2nnn(-c3ccc(F)cc3)c2C)cc1. The zero-order valence-corrected chi connectivity index (χ0v) is 15.1. The quantitative estimate of drug-likeness (QED) is 0.769. The highest BCUT2D eigenvalue weighted by atomic mass is 19.1. The first kappa shape index (κ1) is 18.2. The average Bonchev–Trinajstić information content (AvgIpc) is 3.04. The van der Waals surface area contributed by atoms with Crippen LogP contribution in [0.3, 0.4) is 0 Å². The molecule has 0 radical (unpaired) electrons. The molecule has 1 aromatic heterocycles. The summed E-state index contributed by atoms with van der Waals surface area (Å²) in [5.41, 5.74) is 2.60. The third-order valence-corrected chi connectivity index (χ3v) is 4.17. The summed E-state index contributed by atoms with van der Waals surface area (Å²) in [5.74, 6) is -0.846. The topological polar surface area (TPSA) is 80.1 Å². The first-order valence-electron chi connectivity index (χ1n) is 8.21. The van der Waals surface area contributed by atoms with Crippen molar-refractivity contribution < 1.29 is 14.0 Å². The molecule has 8 heteroatoms. The first-order chi connectivity index (χ1) is 12.9. The zero-order valence-electron chi connectivity index (χ0n) is 15.1. The maximum absolute atomic E-state index is 13.1. The highest BCUT2D eigenvalue weighted by molar-refractivity contribution is 6.03. The molecule has 0 saturated heterocycles. The van der Waals surface area contributed by atoms with Gasteiger partial charge in [-0.25, -0.2) is 9.07 Å². The molecule has 0 saturated carbocycles. The molecule has 7 nitrogen and oxygen atoms in total. The van der Waals surface area contributed by atoms with Crippen molar-refractivity contribution in [1.29, 1.82) is 0 Å². The Balaban J connectivity index is 1.77. The maximum Gasteiger partial charge on any atom is 0.278 e. The summed E-state index contributed by atoms with van der Waals surface area (Å²) < 4.78 is 14.5. The van der Waals surface area contributed by atoms with Crippen molar-refractivity contribution in [3.8, 4) is 5.69 Å². The molecule has 0 bridgehead atoms. The normalized spacial score (nSPS) is 10.5. The number of aromatic nitrogens is 3. The molecule has 0 fully saturated rings. The summed E-state index contributed by atoms with van der Waals surface area (Å²) in [6.07, 6.45) is 0. The number of benzene rings is 2. The third kappa shape index (κ3) is 3.84. The first-order valence-corrected chi connectivity index (χ1v) is 8.21. The van der Waals surface area contributed by atoms with Gasteiger partial charge in [0.1, 0.15) is 5.82 Å². The summed E-state index contributed by atoms with van der Waals surface area (Å²) in [7, 11) is 1.67. The van der Waals surface area contributed by atoms with Crippen LogP contribution in [0, 0.1) is 12.7 Å². The molecule has 0 unspecified atom stereocenters. The van der Waals surface area contributed by atoms with E-state index in [9.17, 15) is 14.0 Å². The summed E-state index contributed by atoms with van der Waals surface area (Å²) in [6, 6.07) is 12.6. The second-order valence-electron chi connectivity index (χ2n) is 5.99. The maximum atomic E-state index is 13.1. The molecule has 0 aliphatic carbocycles. The monoisotopic (exact) mass is 367 g/mol. The fourth-order valence-electron chi connectivity index (χ4n) is 2.51. The molecule has 2 aromatic carbocycles. The number of amides is 2. The molecular formula is C19H18FN5O2. The molecule has 0 spiro atoms. The van der Waals surface area contributed by atoms with Crippen molar-refractivity contribution in [1.82, 2.24) is 15.0 Å². The van der Waals surface area contributed by atoms with Gasteiger partial charge in [-0.05, 0) is 55.5 Å². The Labute approximate surface area is 155 Å². The molecule has 138 valence electrons. The van der Waals surface area contributed by atoms with Crippen LogP contribution in [0.15, 0.2) is 48.5 Å². The molecule has 1 heterocycles. The zero-order chi connectivity index (χ0) is 19.6. The van der Waals surface area contributed by atoms with E-state index in [1.54, 1.807) is 50.4 Å². The van der Waals surface area contributed by atoms with Gasteiger partial charge in [0.15, 0.2) is 5.69 Å². The van der Waals surface area contributed by atoms with Crippen molar-refractivity contribution in [2.45, 2.75) is 13.8 Å². The highest BCUT2D eigenvalue weighted by Gasteiger charge is 2.17. The lowest BCUT2D eigenvalue weighted by atomic mass is 10.2. The minimum absolute atomic E-state index is 0.0835. The second kappa shape index (κ2) is 7.36. The molecule has 0 aliphatic rings. The van der Waals surface area contributed by atoms with Gasteiger partial charge >= 0.3 is 0 Å². The van der Waals surface area contributed by atoms with Crippen molar-refractivity contribution in [3.05, 3.63) is 65.7 Å². The molecule has 3 rings (SSSR count). The number of hydrogen-bond acceptors (Lipinski definition) is 4. The molecule has 3 aromatic rings. The Kier molecular flexibility index (Phi) is 4.98. The molecular weight excluding hydrogens is 349 g/mol. The lowest BCUT2D eigenvalue weighted by Crippen LogP contribution is -2.22. The van der Waals surface area contributed by atoms with E-state index in [4.69, 9.17) is 0 Å². The molecule has 0 aliphatic heterocycles. The molecule has 1 N–H and O–H groups in total. The summed E-state index contributed by atoms with van der Waals surface area (Å²) in [6.45, 7) is 3.19. The second-order valence-corrected chi connectivity index (χ2v) is 5.99. The van der Waals surface area contributed by atoms with Crippen molar-refractivity contribution >= 4 is 23.2 Å². The van der Waals surface area contributed by atoms with Crippen LogP contribution in [0.1, 0.15) is 23.1 Å². The van der Waals surface area contributed by atoms with Crippen LogP contribution in [0.5, 0.6) is 0 Å². The Bertz CT molecular complexity index is 980. The van der Waals surface area contributed by atoms with Gasteiger partial charge in [-0.3, -0.25) is 9.59 Å². The number of nitrogens with one attached hydrogen (secondary N) is 1. The van der Waals surface area contributed by atoms with Crippen LogP contribution < -0.4 is 10.2 Å². The summed E-state index contributed by atoms with van der Waals surface area (Å²) >= 11 is 0. The largest absolute Gasteiger partial charge is 0.321 e. The van der Waals surface area contributed by atoms with E-state index in [-0.39, 0.29) is 17.4 Å². The van der Waals surface area contributed by atoms with Gasteiger partial charge in [-0.2, -0.15) is 0 Å². The molecule has 27 heavy (non-hydrogen) atoms. The van der Waals surface area contributed by atoms with Crippen LogP contribution in [0.2, 0.25) is 0 Å². The Morgan fingerprint density at radius 1 is 1.07 bits per heavy atom. The Hall–Kier alpha value is -3.55. The predicted molar refractivity (Wildman–Crippen MR) is 99.5 cm³/mol. The predicted octanol–water partition coefficient (Wildman–Crippen LogP) is 2.95. The summed E-state index contributed by atoms with van der Waals surface area (Å²) in [5, 5.41) is 10.7. The number of rotatable bonds is 4. The van der Waals surface area contributed by atoms with Crippen LogP contribution in [0.4, 0.5) is 15.8 Å². The lowest BCUT2D eigenvalue weighted by Gasteiger charge is -2.15. The standard InChI is InChI=1S/C19H18FN5O2/c1-12-18(22-23-25(12)17-8-4-14(20)5-9-17)19(27)21-15-6-10-16(11-7-15)24(3)13(2)26/h4-11H,1-3H3,(H,21,27). The van der Waals surface area contributed by atoms with E-state index in [0.29, 0.717) is 17.1 Å². The number of carbonyl (C=O) groups is 2. The van der Waals surface area contributed by atoms with E-state index >= 15 is 0 Å². The number of carbonyl (C=O) groups excluding carboxylic acids is 2. The number of nitrogens with zero attached hydrogens (tertiary/aromatic N) is 4. The molecule has 0 atom stereocenters. The van der Waals surface area contributed by atoms with E-state index in [1.165, 1.54) is 28.6 Å². The number of halogens is 1. The van der Waals surface area contributed by atoms with Crippen LogP contribution in [-0.4, -0.2) is 33.9 Å². The van der Waals surface area contributed by atoms with Crippen LogP contribution in [0.25, 0.3) is 5.69 Å². The van der Waals surface area contributed by atoms with E-state index in [0.717, 1.165) is 5.69 Å². The Morgan fingerprint density at radius 3 is 2.30 bits per heavy atom. The summed E-state index contributed by atoms with van der Waals surface area (Å²) in [4.78, 5) is 25.4. The average molecular weight is 367 g/mol. The third-order valence-electron chi connectivity index (χ3n) is 4.17. The Morgan fingerprint density at radius 2 is 1.70 bits per heavy atom. The molecule has 2 amide bonds. The minimum Gasteiger partial charge on any atom is -0.321 e. The van der Waals surface area contributed by atoms with Gasteiger partial charge in [-0.15, -0.1) is 5.10 Å². The van der Waals surface area contributed by atoms with E-state index < -0.39 is 5.91 Å². The fourth-order valence-corrected chi connectivity index (χ4v) is 2.51. The van der Waals surface area contributed by atoms with Crippen molar-refractivity contribution in [2.24, 2.45) is 0 Å². The minimum atomic E-state index is -0.409. The van der Waals surface area contributed by atoms with E-state index in [2.05, 4.69) is 15.6 Å². The van der Waals surface area contributed by atoms with Crippen molar-refractivity contribution in [3.63, 3.8) is 0 Å².